The summed E-state index contributed by atoms with van der Waals surface area (Å²) in [4.78, 5) is 5.54. The molecule has 84 valence electrons. The Morgan fingerprint density at radius 1 is 1.18 bits per heavy atom. The summed E-state index contributed by atoms with van der Waals surface area (Å²) < 4.78 is 0. The molecule has 0 aliphatic heterocycles. The predicted molar refractivity (Wildman–Crippen MR) is 73.5 cm³/mol. The van der Waals surface area contributed by atoms with Crippen LogP contribution in [0.4, 0.5) is 5.69 Å². The number of thioether (sulfide) groups is 2. The van der Waals surface area contributed by atoms with E-state index in [1.165, 1.54) is 0 Å². The molecule has 1 aromatic rings. The van der Waals surface area contributed by atoms with Crippen LogP contribution in [0.15, 0.2) is 20.8 Å². The van der Waals surface area contributed by atoms with Crippen LogP contribution in [0.3, 0.4) is 0 Å². The van der Waals surface area contributed by atoms with Crippen LogP contribution in [0.2, 0.25) is 0 Å². The molecule has 0 fully saturated rings. The maximum Gasteiger partial charge on any atom is 0.138 e. The van der Waals surface area contributed by atoms with Crippen LogP contribution in [0, 0.1) is 35.2 Å². The Bertz CT molecular complexity index is 575. The van der Waals surface area contributed by atoms with E-state index >= 15 is 0 Å². The van der Waals surface area contributed by atoms with E-state index in [0.717, 1.165) is 44.4 Å². The molecule has 1 rings (SSSR count). The minimum Gasteiger partial charge on any atom is -0.193 e. The van der Waals surface area contributed by atoms with Gasteiger partial charge in [0, 0.05) is 4.90 Å². The van der Waals surface area contributed by atoms with E-state index in [9.17, 15) is 0 Å². The lowest BCUT2D eigenvalue weighted by molar-refractivity contribution is 1.15. The van der Waals surface area contributed by atoms with Gasteiger partial charge in [-0.15, -0.1) is 0 Å². The second kappa shape index (κ2) is 6.44. The number of nitrogens with zero attached hydrogens (tertiary/aromatic N) is 3. The first-order chi connectivity index (χ1) is 8.15. The largest absolute Gasteiger partial charge is 0.193 e. The molecule has 0 bridgehead atoms. The number of thiocarbonyl (C=S) groups is 1. The summed E-state index contributed by atoms with van der Waals surface area (Å²) in [5, 5.41) is 23.8. The van der Waals surface area contributed by atoms with Crippen molar-refractivity contribution in [1.82, 2.24) is 0 Å². The Labute approximate surface area is 114 Å². The predicted octanol–water partition coefficient (Wildman–Crippen LogP) is 4.18. The lowest BCUT2D eigenvalue weighted by atomic mass is 10.1. The van der Waals surface area contributed by atoms with E-state index in [1.54, 1.807) is 6.07 Å². The zero-order valence-electron chi connectivity index (χ0n) is 9.14. The average molecular weight is 277 g/mol. The highest BCUT2D eigenvalue weighted by Gasteiger charge is 2.13. The third-order valence-corrected chi connectivity index (χ3v) is 3.88. The number of benzene rings is 1. The first kappa shape index (κ1) is 13.8. The van der Waals surface area contributed by atoms with E-state index in [0.29, 0.717) is 5.69 Å². The zero-order chi connectivity index (χ0) is 12.8. The Kier molecular flexibility index (Phi) is 5.21. The summed E-state index contributed by atoms with van der Waals surface area (Å²) in [6.07, 6.45) is 0. The Morgan fingerprint density at radius 2 is 1.82 bits per heavy atom. The Hall–Kier alpha value is -1.30. The molecule has 0 unspecified atom stereocenters. The molecule has 0 heterocycles. The normalized spacial score (nSPS) is 8.94. The van der Waals surface area contributed by atoms with Gasteiger partial charge in [-0.25, -0.2) is 0 Å². The first-order valence-corrected chi connectivity index (χ1v) is 6.53. The third kappa shape index (κ3) is 3.09. The SMILES string of the molecule is Cc1c(SC#N)cc(N=C=S)c(SC#N)c1C. The van der Waals surface area contributed by atoms with Crippen LogP contribution in [-0.2, 0) is 0 Å². The van der Waals surface area contributed by atoms with E-state index in [4.69, 9.17) is 10.5 Å². The van der Waals surface area contributed by atoms with Gasteiger partial charge in [0.25, 0.3) is 0 Å². The lowest BCUT2D eigenvalue weighted by Crippen LogP contribution is -1.89. The van der Waals surface area contributed by atoms with Crippen molar-refractivity contribution in [2.45, 2.75) is 23.6 Å². The fourth-order valence-corrected chi connectivity index (χ4v) is 2.59. The van der Waals surface area contributed by atoms with Crippen molar-refractivity contribution in [3.8, 4) is 10.8 Å². The number of rotatable bonds is 3. The average Bonchev–Trinajstić information content (AvgIpc) is 2.31. The number of nitriles is 2. The Balaban J connectivity index is 3.51. The van der Waals surface area contributed by atoms with Gasteiger partial charge < -0.3 is 0 Å². The van der Waals surface area contributed by atoms with Crippen LogP contribution < -0.4 is 0 Å². The monoisotopic (exact) mass is 277 g/mol. The number of hydrogen-bond acceptors (Lipinski definition) is 6. The summed E-state index contributed by atoms with van der Waals surface area (Å²) in [5.41, 5.74) is 2.52. The highest BCUT2D eigenvalue weighted by molar-refractivity contribution is 8.04. The number of aliphatic imine (C=N–C) groups is 1. The molecule has 0 atom stereocenters. The summed E-state index contributed by atoms with van der Waals surface area (Å²) in [6.45, 7) is 3.82. The topological polar surface area (TPSA) is 59.9 Å². The molecule has 0 radical (unpaired) electrons. The van der Waals surface area contributed by atoms with Crippen LogP contribution in [-0.4, -0.2) is 5.16 Å². The molecule has 17 heavy (non-hydrogen) atoms. The second-order valence-electron chi connectivity index (χ2n) is 3.06. The van der Waals surface area contributed by atoms with Gasteiger partial charge >= 0.3 is 0 Å². The van der Waals surface area contributed by atoms with Gasteiger partial charge in [-0.05, 0) is 66.8 Å². The van der Waals surface area contributed by atoms with Crippen LogP contribution in [0.25, 0.3) is 0 Å². The van der Waals surface area contributed by atoms with Crippen LogP contribution in [0.1, 0.15) is 11.1 Å². The summed E-state index contributed by atoms with van der Waals surface area (Å²) >= 11 is 6.70. The zero-order valence-corrected chi connectivity index (χ0v) is 11.6. The number of hydrogen-bond donors (Lipinski definition) is 0. The smallest absolute Gasteiger partial charge is 0.138 e. The van der Waals surface area contributed by atoms with Gasteiger partial charge in [-0.3, -0.25) is 0 Å². The molecule has 0 N–H and O–H groups in total. The van der Waals surface area contributed by atoms with Crippen molar-refractivity contribution >= 4 is 46.6 Å². The van der Waals surface area contributed by atoms with E-state index in [1.807, 2.05) is 24.6 Å². The summed E-state index contributed by atoms with van der Waals surface area (Å²) in [5.74, 6) is 0. The van der Waals surface area contributed by atoms with Crippen LogP contribution in [0.5, 0.6) is 0 Å². The second-order valence-corrected chi connectivity index (χ2v) is 4.87. The maximum absolute atomic E-state index is 8.77. The van der Waals surface area contributed by atoms with Crippen molar-refractivity contribution in [1.29, 1.82) is 10.5 Å². The molecule has 0 amide bonds. The van der Waals surface area contributed by atoms with Gasteiger partial charge in [0.2, 0.25) is 0 Å². The minimum atomic E-state index is 0.590. The van der Waals surface area contributed by atoms with Gasteiger partial charge in [-0.2, -0.15) is 15.5 Å². The standard InChI is InChI=1S/C11H7N3S3/c1-7-8(2)11(17-5-13)9(14-6-15)3-10(7)16-4-12/h3H,1-2H3. The molecule has 3 nitrogen and oxygen atoms in total. The molecule has 0 saturated heterocycles. The van der Waals surface area contributed by atoms with Crippen molar-refractivity contribution < 1.29 is 0 Å². The first-order valence-electron chi connectivity index (χ1n) is 4.49. The van der Waals surface area contributed by atoms with Crippen molar-refractivity contribution in [2.75, 3.05) is 0 Å². The molecular weight excluding hydrogens is 270 g/mol. The highest BCUT2D eigenvalue weighted by atomic mass is 32.2. The van der Waals surface area contributed by atoms with E-state index in [-0.39, 0.29) is 0 Å². The lowest BCUT2D eigenvalue weighted by Gasteiger charge is -2.11. The molecule has 6 heteroatoms. The molecule has 0 saturated carbocycles. The quantitative estimate of drug-likeness (QED) is 0.359. The van der Waals surface area contributed by atoms with Crippen molar-refractivity contribution in [2.24, 2.45) is 4.99 Å². The number of isothiocyanates is 1. The summed E-state index contributed by atoms with van der Waals surface area (Å²) in [7, 11) is 0. The van der Waals surface area contributed by atoms with Crippen molar-refractivity contribution in [3.05, 3.63) is 17.2 Å². The van der Waals surface area contributed by atoms with Gasteiger partial charge in [0.15, 0.2) is 0 Å². The third-order valence-electron chi connectivity index (χ3n) is 2.24. The number of thiocyanates is 2. The molecule has 0 spiro atoms. The fraction of sp³-hybridized carbons (Fsp3) is 0.182. The van der Waals surface area contributed by atoms with Gasteiger partial charge in [-0.1, -0.05) is 0 Å². The van der Waals surface area contributed by atoms with Gasteiger partial charge in [0.1, 0.15) is 10.8 Å². The summed E-state index contributed by atoms with van der Waals surface area (Å²) in [6, 6.07) is 1.76. The van der Waals surface area contributed by atoms with Gasteiger partial charge in [0.05, 0.1) is 15.7 Å². The highest BCUT2D eigenvalue weighted by Crippen LogP contribution is 2.38. The molecule has 1 aromatic carbocycles. The minimum absolute atomic E-state index is 0.590. The van der Waals surface area contributed by atoms with E-state index < -0.39 is 0 Å². The molecular formula is C11H7N3S3. The Morgan fingerprint density at radius 3 is 2.35 bits per heavy atom. The van der Waals surface area contributed by atoms with Crippen LogP contribution >= 0.6 is 35.7 Å². The maximum atomic E-state index is 8.77. The molecule has 0 aromatic heterocycles. The fourth-order valence-electron chi connectivity index (χ4n) is 1.31. The molecule has 0 aliphatic rings. The molecule has 0 aliphatic carbocycles. The van der Waals surface area contributed by atoms with E-state index in [2.05, 4.69) is 22.4 Å². The van der Waals surface area contributed by atoms with Crippen molar-refractivity contribution in [3.63, 3.8) is 0 Å².